The molecule has 0 spiro atoms. The van der Waals surface area contributed by atoms with Crippen molar-refractivity contribution in [3.63, 3.8) is 0 Å². The second-order valence-electron chi connectivity index (χ2n) is 6.85. The number of aromatic nitrogens is 3. The summed E-state index contributed by atoms with van der Waals surface area (Å²) in [6.07, 6.45) is 1.60. The summed E-state index contributed by atoms with van der Waals surface area (Å²) in [6, 6.07) is 23.7. The molecule has 30 heavy (non-hydrogen) atoms. The molecule has 2 aromatic carbocycles. The third-order valence-corrected chi connectivity index (χ3v) is 5.69. The van der Waals surface area contributed by atoms with Gasteiger partial charge in [0.25, 0.3) is 0 Å². The second-order valence-corrected chi connectivity index (χ2v) is 7.79. The van der Waals surface area contributed by atoms with E-state index in [1.165, 1.54) is 11.8 Å². The van der Waals surface area contributed by atoms with Crippen molar-refractivity contribution in [2.45, 2.75) is 18.2 Å². The van der Waals surface area contributed by atoms with Crippen LogP contribution < -0.4 is 0 Å². The fraction of sp³-hybridized carbons (Fsp3) is 0.174. The number of hydrogen-bond acceptors (Lipinski definition) is 5. The molecule has 2 heterocycles. The number of carbonyl (C=O) groups is 1. The molecule has 0 saturated carbocycles. The smallest absolute Gasteiger partial charge is 0.233 e. The Morgan fingerprint density at radius 3 is 2.13 bits per heavy atom. The van der Waals surface area contributed by atoms with Crippen LogP contribution in [-0.4, -0.2) is 31.3 Å². The topological polar surface area (TPSA) is 64.2 Å². The van der Waals surface area contributed by atoms with E-state index in [0.29, 0.717) is 29.8 Å². The van der Waals surface area contributed by atoms with Crippen LogP contribution in [0.25, 0.3) is 11.6 Å². The zero-order valence-electron chi connectivity index (χ0n) is 16.6. The summed E-state index contributed by atoms with van der Waals surface area (Å²) < 4.78 is 7.25. The van der Waals surface area contributed by atoms with E-state index in [9.17, 15) is 4.79 Å². The van der Waals surface area contributed by atoms with Crippen LogP contribution in [0.15, 0.2) is 88.6 Å². The largest absolute Gasteiger partial charge is 0.461 e. The lowest BCUT2D eigenvalue weighted by molar-refractivity contribution is -0.129. The average molecular weight is 419 g/mol. The molecule has 4 aromatic rings. The van der Waals surface area contributed by atoms with Crippen molar-refractivity contribution in [3.05, 3.63) is 90.2 Å². The molecule has 4 rings (SSSR count). The summed E-state index contributed by atoms with van der Waals surface area (Å²) in [5.41, 5.74) is 2.20. The molecule has 6 nitrogen and oxygen atoms in total. The first-order valence-electron chi connectivity index (χ1n) is 9.62. The Balaban J connectivity index is 1.46. The number of rotatable bonds is 8. The molecule has 0 N–H and O–H groups in total. The van der Waals surface area contributed by atoms with Gasteiger partial charge in [-0.25, -0.2) is 0 Å². The van der Waals surface area contributed by atoms with Gasteiger partial charge in [0.2, 0.25) is 5.91 Å². The van der Waals surface area contributed by atoms with Gasteiger partial charge in [-0.05, 0) is 23.3 Å². The van der Waals surface area contributed by atoms with Crippen molar-refractivity contribution in [1.29, 1.82) is 0 Å². The first-order valence-corrected chi connectivity index (χ1v) is 10.6. The normalized spacial score (nSPS) is 10.8. The highest BCUT2D eigenvalue weighted by Gasteiger charge is 2.18. The Morgan fingerprint density at radius 2 is 1.57 bits per heavy atom. The van der Waals surface area contributed by atoms with E-state index >= 15 is 0 Å². The zero-order chi connectivity index (χ0) is 20.8. The van der Waals surface area contributed by atoms with E-state index in [1.807, 2.05) is 89.3 Å². The number of furan rings is 1. The number of benzene rings is 2. The summed E-state index contributed by atoms with van der Waals surface area (Å²) in [4.78, 5) is 15.0. The Kier molecular flexibility index (Phi) is 6.29. The van der Waals surface area contributed by atoms with Gasteiger partial charge >= 0.3 is 0 Å². The number of nitrogens with zero attached hydrogens (tertiary/aromatic N) is 4. The van der Waals surface area contributed by atoms with Gasteiger partial charge in [0, 0.05) is 20.1 Å². The van der Waals surface area contributed by atoms with E-state index in [4.69, 9.17) is 4.42 Å². The van der Waals surface area contributed by atoms with E-state index in [0.717, 1.165) is 11.1 Å². The van der Waals surface area contributed by atoms with E-state index in [2.05, 4.69) is 10.2 Å². The highest BCUT2D eigenvalue weighted by molar-refractivity contribution is 7.99. The second kappa shape index (κ2) is 9.45. The van der Waals surface area contributed by atoms with Gasteiger partial charge in [0.15, 0.2) is 16.7 Å². The first kappa shape index (κ1) is 20.0. The third kappa shape index (κ3) is 4.80. The van der Waals surface area contributed by atoms with Crippen LogP contribution in [-0.2, 0) is 24.9 Å². The van der Waals surface area contributed by atoms with Gasteiger partial charge in [-0.15, -0.1) is 10.2 Å². The molecule has 0 aliphatic rings. The third-order valence-electron chi connectivity index (χ3n) is 4.69. The number of thioether (sulfide) groups is 1. The predicted octanol–water partition coefficient (Wildman–Crippen LogP) is 4.40. The fourth-order valence-corrected chi connectivity index (χ4v) is 3.93. The molecule has 0 radical (unpaired) electrons. The number of amides is 1. The minimum absolute atomic E-state index is 0.0512. The van der Waals surface area contributed by atoms with Crippen LogP contribution in [0.1, 0.15) is 11.1 Å². The molecular formula is C23H22N4O2S. The SMILES string of the molecule is Cn1c(SCC(=O)N(Cc2ccccc2)Cc2ccccc2)nnc1-c1ccco1. The Morgan fingerprint density at radius 1 is 0.933 bits per heavy atom. The maximum Gasteiger partial charge on any atom is 0.233 e. The van der Waals surface area contributed by atoms with Crippen molar-refractivity contribution < 1.29 is 9.21 Å². The van der Waals surface area contributed by atoms with E-state index < -0.39 is 0 Å². The average Bonchev–Trinajstić information content (AvgIpc) is 3.43. The predicted molar refractivity (Wildman–Crippen MR) is 117 cm³/mol. The van der Waals surface area contributed by atoms with Crippen LogP contribution in [0.2, 0.25) is 0 Å². The Hall–Kier alpha value is -3.32. The minimum atomic E-state index is 0.0512. The van der Waals surface area contributed by atoms with Gasteiger partial charge in [0.1, 0.15) is 0 Å². The summed E-state index contributed by atoms with van der Waals surface area (Å²) >= 11 is 1.38. The van der Waals surface area contributed by atoms with Crippen molar-refractivity contribution in [3.8, 4) is 11.6 Å². The number of hydrogen-bond donors (Lipinski definition) is 0. The number of carbonyl (C=O) groups excluding carboxylic acids is 1. The molecular weight excluding hydrogens is 396 g/mol. The van der Waals surface area contributed by atoms with Gasteiger partial charge in [-0.2, -0.15) is 0 Å². The lowest BCUT2D eigenvalue weighted by Crippen LogP contribution is -2.31. The molecule has 0 atom stereocenters. The summed E-state index contributed by atoms with van der Waals surface area (Å²) in [6.45, 7) is 1.12. The molecule has 0 bridgehead atoms. The zero-order valence-corrected chi connectivity index (χ0v) is 17.5. The van der Waals surface area contributed by atoms with Gasteiger partial charge in [-0.1, -0.05) is 72.4 Å². The standard InChI is InChI=1S/C23H22N4O2S/c1-26-22(20-13-8-14-29-20)24-25-23(26)30-17-21(28)27(15-18-9-4-2-5-10-18)16-19-11-6-3-7-12-19/h2-14H,15-17H2,1H3. The van der Waals surface area contributed by atoms with Crippen LogP contribution in [0, 0.1) is 0 Å². The van der Waals surface area contributed by atoms with E-state index in [1.54, 1.807) is 6.26 Å². The highest BCUT2D eigenvalue weighted by Crippen LogP contribution is 2.23. The lowest BCUT2D eigenvalue weighted by Gasteiger charge is -2.23. The highest BCUT2D eigenvalue weighted by atomic mass is 32.2. The molecule has 0 fully saturated rings. The van der Waals surface area contributed by atoms with Crippen LogP contribution in [0.3, 0.4) is 0 Å². The van der Waals surface area contributed by atoms with Crippen LogP contribution >= 0.6 is 11.8 Å². The fourth-order valence-electron chi connectivity index (χ4n) is 3.12. The maximum absolute atomic E-state index is 13.1. The van der Waals surface area contributed by atoms with Gasteiger partial charge in [-0.3, -0.25) is 4.79 Å². The van der Waals surface area contributed by atoms with Crippen molar-refractivity contribution >= 4 is 17.7 Å². The molecule has 0 aliphatic heterocycles. The Labute approximate surface area is 179 Å². The quantitative estimate of drug-likeness (QED) is 0.397. The maximum atomic E-state index is 13.1. The van der Waals surface area contributed by atoms with Crippen LogP contribution in [0.5, 0.6) is 0 Å². The molecule has 1 amide bonds. The monoisotopic (exact) mass is 418 g/mol. The molecule has 2 aromatic heterocycles. The minimum Gasteiger partial charge on any atom is -0.461 e. The molecule has 0 saturated heterocycles. The van der Waals surface area contributed by atoms with Gasteiger partial charge in [0.05, 0.1) is 12.0 Å². The summed E-state index contributed by atoms with van der Waals surface area (Å²) in [7, 11) is 1.87. The lowest BCUT2D eigenvalue weighted by atomic mass is 10.1. The Bertz CT molecular complexity index is 1040. The van der Waals surface area contributed by atoms with Crippen LogP contribution in [0.4, 0.5) is 0 Å². The molecule has 7 heteroatoms. The summed E-state index contributed by atoms with van der Waals surface area (Å²) in [5.74, 6) is 1.62. The van der Waals surface area contributed by atoms with Crippen molar-refractivity contribution in [2.75, 3.05) is 5.75 Å². The van der Waals surface area contributed by atoms with Crippen molar-refractivity contribution in [2.24, 2.45) is 7.05 Å². The summed E-state index contributed by atoms with van der Waals surface area (Å²) in [5, 5.41) is 9.08. The van der Waals surface area contributed by atoms with E-state index in [-0.39, 0.29) is 11.7 Å². The van der Waals surface area contributed by atoms with Gasteiger partial charge < -0.3 is 13.9 Å². The van der Waals surface area contributed by atoms with Crippen molar-refractivity contribution in [1.82, 2.24) is 19.7 Å². The molecule has 0 aliphatic carbocycles. The molecule has 152 valence electrons. The molecule has 0 unspecified atom stereocenters. The first-order chi connectivity index (χ1) is 14.7.